The first kappa shape index (κ1) is 56.4. The average molecular weight is 818 g/mol. The van der Waals surface area contributed by atoms with E-state index in [9.17, 15) is 14.4 Å². The highest BCUT2D eigenvalue weighted by molar-refractivity contribution is 5.92. The molecule has 0 saturated heterocycles. The maximum atomic E-state index is 13.4. The second-order valence-corrected chi connectivity index (χ2v) is 18.4. The number of carbonyl (C=O) groups excluding carboxylic acids is 3. The van der Waals surface area contributed by atoms with E-state index < -0.39 is 17.5 Å². The van der Waals surface area contributed by atoms with Crippen molar-refractivity contribution in [2.45, 2.75) is 315 Å². The van der Waals surface area contributed by atoms with Gasteiger partial charge in [-0.2, -0.15) is 0 Å². The smallest absolute Gasteiger partial charge is 0.245 e. The normalized spacial score (nSPS) is 13.0. The fourth-order valence-electron chi connectivity index (χ4n) is 8.82. The molecule has 6 nitrogen and oxygen atoms in total. The van der Waals surface area contributed by atoms with Gasteiger partial charge in [-0.1, -0.05) is 265 Å². The maximum Gasteiger partial charge on any atom is 0.245 e. The Labute approximate surface area is 362 Å². The molecule has 0 aliphatic rings. The molecule has 0 heterocycles. The molecule has 0 spiro atoms. The Morgan fingerprint density at radius 2 is 0.638 bits per heavy atom. The average Bonchev–Trinajstić information content (AvgIpc) is 3.21. The van der Waals surface area contributed by atoms with Crippen LogP contribution in [0.25, 0.3) is 0 Å². The number of rotatable bonds is 47. The van der Waals surface area contributed by atoms with Crippen LogP contribution in [0.2, 0.25) is 0 Å². The summed E-state index contributed by atoms with van der Waals surface area (Å²) >= 11 is 0. The van der Waals surface area contributed by atoms with Gasteiger partial charge in [0.2, 0.25) is 17.7 Å². The molecule has 0 aliphatic heterocycles. The molecule has 0 aromatic rings. The van der Waals surface area contributed by atoms with Crippen molar-refractivity contribution < 1.29 is 14.4 Å². The lowest BCUT2D eigenvalue weighted by molar-refractivity contribution is -0.134. The quantitative estimate of drug-likeness (QED) is 0.0533. The number of carbonyl (C=O) groups is 3. The first-order chi connectivity index (χ1) is 28.4. The molecule has 0 fully saturated rings. The van der Waals surface area contributed by atoms with Crippen LogP contribution in [0.1, 0.15) is 304 Å². The van der Waals surface area contributed by atoms with Gasteiger partial charge in [-0.3, -0.25) is 14.4 Å². The standard InChI is InChI=1S/C52H103N3O3/c1-5-9-12-15-18-21-24-27-30-33-36-39-42-45-48(54-49(56)46-43-40-37-34-31-28-25-22-19-16-13-10-6-2)52(8-4,51(53)58)55-50(57)47-44-41-38-35-32-29-26-23-20-17-14-11-7-3/h48H,5-47H2,1-4H3,(H2,53,58)(H,54,56)(H,55,57). The van der Waals surface area contributed by atoms with Gasteiger partial charge in [0.15, 0.2) is 0 Å². The highest BCUT2D eigenvalue weighted by Gasteiger charge is 2.44. The van der Waals surface area contributed by atoms with Crippen molar-refractivity contribution in [1.82, 2.24) is 10.6 Å². The molecule has 344 valence electrons. The van der Waals surface area contributed by atoms with Crippen LogP contribution in [0.5, 0.6) is 0 Å². The molecule has 2 unspecified atom stereocenters. The van der Waals surface area contributed by atoms with E-state index in [1.165, 1.54) is 199 Å². The molecule has 58 heavy (non-hydrogen) atoms. The predicted molar refractivity (Wildman–Crippen MR) is 253 cm³/mol. The third-order valence-corrected chi connectivity index (χ3v) is 12.9. The van der Waals surface area contributed by atoms with E-state index in [0.29, 0.717) is 25.7 Å². The van der Waals surface area contributed by atoms with Gasteiger partial charge >= 0.3 is 0 Å². The van der Waals surface area contributed by atoms with Crippen LogP contribution in [0.15, 0.2) is 0 Å². The van der Waals surface area contributed by atoms with Crippen molar-refractivity contribution in [2.24, 2.45) is 5.73 Å². The van der Waals surface area contributed by atoms with E-state index in [0.717, 1.165) is 51.4 Å². The van der Waals surface area contributed by atoms with Gasteiger partial charge in [0.1, 0.15) is 5.54 Å². The van der Waals surface area contributed by atoms with Crippen LogP contribution >= 0.6 is 0 Å². The van der Waals surface area contributed by atoms with E-state index in [1.54, 1.807) is 0 Å². The van der Waals surface area contributed by atoms with Gasteiger partial charge in [0.25, 0.3) is 0 Å². The van der Waals surface area contributed by atoms with Crippen molar-refractivity contribution >= 4 is 17.7 Å². The van der Waals surface area contributed by atoms with E-state index in [2.05, 4.69) is 31.4 Å². The largest absolute Gasteiger partial charge is 0.368 e. The van der Waals surface area contributed by atoms with Crippen molar-refractivity contribution in [2.75, 3.05) is 0 Å². The Kier molecular flexibility index (Phi) is 42.3. The summed E-state index contributed by atoms with van der Waals surface area (Å²) in [6, 6.07) is -0.493. The minimum atomic E-state index is -1.27. The molecule has 0 aromatic carbocycles. The Balaban J connectivity index is 4.86. The lowest BCUT2D eigenvalue weighted by Crippen LogP contribution is -2.68. The first-order valence-electron chi connectivity index (χ1n) is 26.3. The second-order valence-electron chi connectivity index (χ2n) is 18.4. The van der Waals surface area contributed by atoms with Crippen LogP contribution in [0, 0.1) is 0 Å². The van der Waals surface area contributed by atoms with Gasteiger partial charge in [-0.15, -0.1) is 0 Å². The van der Waals surface area contributed by atoms with Crippen LogP contribution < -0.4 is 16.4 Å². The van der Waals surface area contributed by atoms with Gasteiger partial charge in [-0.25, -0.2) is 0 Å². The van der Waals surface area contributed by atoms with Crippen LogP contribution in [-0.4, -0.2) is 29.3 Å². The SMILES string of the molecule is CCCCCCCCCCCCCCCC(=O)NC(CCCCCCCCCCCCCCC)C(CC)(NC(=O)CCCCCCCCCCCCCCC)C(N)=O. The van der Waals surface area contributed by atoms with Gasteiger partial charge < -0.3 is 16.4 Å². The van der Waals surface area contributed by atoms with E-state index in [4.69, 9.17) is 5.73 Å². The summed E-state index contributed by atoms with van der Waals surface area (Å²) in [5, 5.41) is 6.36. The van der Waals surface area contributed by atoms with Crippen molar-refractivity contribution in [3.63, 3.8) is 0 Å². The number of hydrogen-bond donors (Lipinski definition) is 3. The molecule has 4 N–H and O–H groups in total. The van der Waals surface area contributed by atoms with Crippen molar-refractivity contribution in [3.05, 3.63) is 0 Å². The Hall–Kier alpha value is -1.59. The number of amides is 3. The molecule has 0 aromatic heterocycles. The fraction of sp³-hybridized carbons (Fsp3) is 0.942. The molecule has 6 heteroatoms. The Morgan fingerprint density at radius 1 is 0.379 bits per heavy atom. The zero-order chi connectivity index (χ0) is 42.6. The summed E-state index contributed by atoms with van der Waals surface area (Å²) < 4.78 is 0. The predicted octanol–water partition coefficient (Wildman–Crippen LogP) is 15.7. The van der Waals surface area contributed by atoms with Crippen molar-refractivity contribution in [3.8, 4) is 0 Å². The molecule has 0 bridgehead atoms. The second kappa shape index (κ2) is 43.5. The first-order valence-corrected chi connectivity index (χ1v) is 26.3. The molecule has 0 aliphatic carbocycles. The number of nitrogens with one attached hydrogen (secondary N) is 2. The van der Waals surface area contributed by atoms with Gasteiger partial charge in [0, 0.05) is 12.8 Å². The highest BCUT2D eigenvalue weighted by atomic mass is 16.2. The van der Waals surface area contributed by atoms with E-state index in [-0.39, 0.29) is 11.8 Å². The number of primary amides is 1. The molecule has 2 atom stereocenters. The van der Waals surface area contributed by atoms with E-state index in [1.807, 2.05) is 6.92 Å². The van der Waals surface area contributed by atoms with Gasteiger partial charge in [-0.05, 0) is 25.7 Å². The topological polar surface area (TPSA) is 101 Å². The molecule has 0 rings (SSSR count). The highest BCUT2D eigenvalue weighted by Crippen LogP contribution is 2.24. The number of nitrogens with two attached hydrogens (primary N) is 1. The fourth-order valence-corrected chi connectivity index (χ4v) is 8.82. The van der Waals surface area contributed by atoms with E-state index >= 15 is 0 Å². The number of hydrogen-bond acceptors (Lipinski definition) is 3. The Bertz CT molecular complexity index is 910. The minimum Gasteiger partial charge on any atom is -0.368 e. The lowest BCUT2D eigenvalue weighted by Gasteiger charge is -2.39. The summed E-state index contributed by atoms with van der Waals surface area (Å²) in [5.41, 5.74) is 4.88. The molecule has 0 radical (unpaired) electrons. The maximum absolute atomic E-state index is 13.4. The summed E-state index contributed by atoms with van der Waals surface area (Å²) in [4.78, 5) is 40.0. The number of unbranched alkanes of at least 4 members (excludes halogenated alkanes) is 36. The van der Waals surface area contributed by atoms with Crippen LogP contribution in [0.3, 0.4) is 0 Å². The summed E-state index contributed by atoms with van der Waals surface area (Å²) in [6.07, 6.45) is 51.2. The third-order valence-electron chi connectivity index (χ3n) is 12.9. The summed E-state index contributed by atoms with van der Waals surface area (Å²) in [5.74, 6) is -0.674. The molecule has 0 saturated carbocycles. The zero-order valence-corrected chi connectivity index (χ0v) is 39.8. The molecular formula is C52H103N3O3. The monoisotopic (exact) mass is 818 g/mol. The van der Waals surface area contributed by atoms with Gasteiger partial charge in [0.05, 0.1) is 6.04 Å². The van der Waals surface area contributed by atoms with Crippen molar-refractivity contribution in [1.29, 1.82) is 0 Å². The summed E-state index contributed by atoms with van der Waals surface area (Å²) in [6.45, 7) is 8.74. The van der Waals surface area contributed by atoms with Crippen LogP contribution in [-0.2, 0) is 14.4 Å². The summed E-state index contributed by atoms with van der Waals surface area (Å²) in [7, 11) is 0. The van der Waals surface area contributed by atoms with Crippen LogP contribution in [0.4, 0.5) is 0 Å². The molecule has 3 amide bonds. The molecular weight excluding hydrogens is 715 g/mol. The Morgan fingerprint density at radius 3 is 0.914 bits per heavy atom. The zero-order valence-electron chi connectivity index (χ0n) is 39.8. The minimum absolute atomic E-state index is 0.0208. The lowest BCUT2D eigenvalue weighted by atomic mass is 9.82. The third kappa shape index (κ3) is 34.2.